The van der Waals surface area contributed by atoms with Gasteiger partial charge in [0, 0.05) is 12.6 Å². The zero-order chi connectivity index (χ0) is 13.7. The smallest absolute Gasteiger partial charge is 0.165 e. The molecule has 1 saturated carbocycles. The molecule has 106 valence electrons. The minimum absolute atomic E-state index is 0.249. The molecule has 1 aromatic carbocycles. The molecular formula is C16H24FNO. The maximum atomic E-state index is 13.9. The van der Waals surface area contributed by atoms with Gasteiger partial charge in [-0.2, -0.15) is 0 Å². The van der Waals surface area contributed by atoms with Crippen molar-refractivity contribution in [2.24, 2.45) is 5.92 Å². The lowest BCUT2D eigenvalue weighted by Crippen LogP contribution is -2.15. The van der Waals surface area contributed by atoms with Crippen LogP contribution in [0.1, 0.15) is 45.1 Å². The highest BCUT2D eigenvalue weighted by molar-refractivity contribution is 5.29. The Morgan fingerprint density at radius 1 is 1.32 bits per heavy atom. The van der Waals surface area contributed by atoms with Crippen LogP contribution < -0.4 is 10.1 Å². The van der Waals surface area contributed by atoms with E-state index in [4.69, 9.17) is 4.74 Å². The van der Waals surface area contributed by atoms with Crippen LogP contribution in [0.3, 0.4) is 0 Å². The summed E-state index contributed by atoms with van der Waals surface area (Å²) in [6.45, 7) is 5.62. The van der Waals surface area contributed by atoms with Crippen LogP contribution in [-0.2, 0) is 6.54 Å². The summed E-state index contributed by atoms with van der Waals surface area (Å²) in [6, 6.07) is 5.92. The average Bonchev–Trinajstić information content (AvgIpc) is 3.23. The van der Waals surface area contributed by atoms with Crippen LogP contribution in [0.2, 0.25) is 0 Å². The number of hydrogen-bond donors (Lipinski definition) is 1. The van der Waals surface area contributed by atoms with Gasteiger partial charge in [0.05, 0.1) is 6.61 Å². The van der Waals surface area contributed by atoms with Crippen LogP contribution >= 0.6 is 0 Å². The van der Waals surface area contributed by atoms with Crippen LogP contribution in [0.15, 0.2) is 18.2 Å². The summed E-state index contributed by atoms with van der Waals surface area (Å²) in [7, 11) is 0. The fourth-order valence-electron chi connectivity index (χ4n) is 2.05. The first kappa shape index (κ1) is 14.3. The van der Waals surface area contributed by atoms with Crippen molar-refractivity contribution in [1.29, 1.82) is 0 Å². The summed E-state index contributed by atoms with van der Waals surface area (Å²) in [5.74, 6) is 0.638. The number of rotatable bonds is 8. The number of benzene rings is 1. The van der Waals surface area contributed by atoms with Gasteiger partial charge in [-0.15, -0.1) is 0 Å². The van der Waals surface area contributed by atoms with Crippen LogP contribution in [-0.4, -0.2) is 12.6 Å². The minimum Gasteiger partial charge on any atom is -0.490 e. The van der Waals surface area contributed by atoms with Crippen molar-refractivity contribution in [3.05, 3.63) is 29.6 Å². The van der Waals surface area contributed by atoms with E-state index in [2.05, 4.69) is 19.2 Å². The van der Waals surface area contributed by atoms with Crippen molar-refractivity contribution in [3.8, 4) is 5.75 Å². The van der Waals surface area contributed by atoms with E-state index in [0.29, 0.717) is 24.3 Å². The minimum atomic E-state index is -0.249. The molecule has 19 heavy (non-hydrogen) atoms. The van der Waals surface area contributed by atoms with Crippen molar-refractivity contribution in [2.45, 2.75) is 52.1 Å². The van der Waals surface area contributed by atoms with Crippen molar-refractivity contribution >= 4 is 0 Å². The van der Waals surface area contributed by atoms with Gasteiger partial charge in [0.25, 0.3) is 0 Å². The van der Waals surface area contributed by atoms with E-state index >= 15 is 0 Å². The SMILES string of the molecule is CCC(CC)COc1ccc(CNC2CC2)cc1F. The van der Waals surface area contributed by atoms with Gasteiger partial charge in [-0.05, 0) is 36.5 Å². The third-order valence-corrected chi connectivity index (χ3v) is 3.80. The molecule has 2 nitrogen and oxygen atoms in total. The lowest BCUT2D eigenvalue weighted by atomic mass is 10.1. The van der Waals surface area contributed by atoms with Crippen LogP contribution in [0.25, 0.3) is 0 Å². The van der Waals surface area contributed by atoms with Gasteiger partial charge in [0.15, 0.2) is 11.6 Å². The summed E-state index contributed by atoms with van der Waals surface area (Å²) in [5.41, 5.74) is 0.985. The second-order valence-electron chi connectivity index (χ2n) is 5.41. The zero-order valence-electron chi connectivity index (χ0n) is 11.9. The molecule has 0 bridgehead atoms. The highest BCUT2D eigenvalue weighted by atomic mass is 19.1. The van der Waals surface area contributed by atoms with Crippen LogP contribution in [0, 0.1) is 11.7 Å². The molecule has 1 N–H and O–H groups in total. The predicted molar refractivity (Wildman–Crippen MR) is 75.8 cm³/mol. The molecule has 0 atom stereocenters. The first-order chi connectivity index (χ1) is 9.22. The lowest BCUT2D eigenvalue weighted by molar-refractivity contribution is 0.231. The molecule has 0 aliphatic heterocycles. The summed E-state index contributed by atoms with van der Waals surface area (Å²) < 4.78 is 19.5. The summed E-state index contributed by atoms with van der Waals surface area (Å²) in [5, 5.41) is 3.38. The molecule has 0 spiro atoms. The van der Waals surface area contributed by atoms with E-state index in [-0.39, 0.29) is 5.82 Å². The van der Waals surface area contributed by atoms with Gasteiger partial charge in [0.1, 0.15) is 0 Å². The first-order valence-corrected chi connectivity index (χ1v) is 7.37. The molecule has 0 saturated heterocycles. The Morgan fingerprint density at radius 3 is 2.63 bits per heavy atom. The largest absolute Gasteiger partial charge is 0.490 e. The van der Waals surface area contributed by atoms with E-state index in [0.717, 1.165) is 24.9 Å². The van der Waals surface area contributed by atoms with Gasteiger partial charge in [-0.3, -0.25) is 0 Å². The topological polar surface area (TPSA) is 21.3 Å². The van der Waals surface area contributed by atoms with Crippen molar-refractivity contribution < 1.29 is 9.13 Å². The number of halogens is 1. The molecule has 1 aromatic rings. The van der Waals surface area contributed by atoms with Gasteiger partial charge in [-0.1, -0.05) is 32.8 Å². The number of ether oxygens (including phenoxy) is 1. The van der Waals surface area contributed by atoms with Crippen molar-refractivity contribution in [1.82, 2.24) is 5.32 Å². The predicted octanol–water partition coefficient (Wildman–Crippen LogP) is 3.89. The fraction of sp³-hybridized carbons (Fsp3) is 0.625. The Kier molecular flexibility index (Phi) is 5.20. The molecule has 0 unspecified atom stereocenters. The number of nitrogens with one attached hydrogen (secondary N) is 1. The quantitative estimate of drug-likeness (QED) is 0.770. The molecule has 1 aliphatic carbocycles. The monoisotopic (exact) mass is 265 g/mol. The second-order valence-corrected chi connectivity index (χ2v) is 5.41. The maximum Gasteiger partial charge on any atom is 0.165 e. The second kappa shape index (κ2) is 6.90. The number of hydrogen-bond acceptors (Lipinski definition) is 2. The van der Waals surface area contributed by atoms with Crippen LogP contribution in [0.4, 0.5) is 4.39 Å². The van der Waals surface area contributed by atoms with E-state index in [1.54, 1.807) is 12.1 Å². The zero-order valence-corrected chi connectivity index (χ0v) is 11.9. The molecule has 3 heteroatoms. The lowest BCUT2D eigenvalue weighted by Gasteiger charge is -2.14. The Hall–Kier alpha value is -1.09. The van der Waals surface area contributed by atoms with Gasteiger partial charge in [-0.25, -0.2) is 4.39 Å². The van der Waals surface area contributed by atoms with E-state index in [1.807, 2.05) is 6.07 Å². The summed E-state index contributed by atoms with van der Waals surface area (Å²) in [6.07, 6.45) is 4.64. The average molecular weight is 265 g/mol. The molecule has 2 rings (SSSR count). The van der Waals surface area contributed by atoms with Gasteiger partial charge >= 0.3 is 0 Å². The van der Waals surface area contributed by atoms with Crippen molar-refractivity contribution in [2.75, 3.05) is 6.61 Å². The van der Waals surface area contributed by atoms with Gasteiger partial charge in [0.2, 0.25) is 0 Å². The van der Waals surface area contributed by atoms with E-state index < -0.39 is 0 Å². The van der Waals surface area contributed by atoms with E-state index in [1.165, 1.54) is 12.8 Å². The third-order valence-electron chi connectivity index (χ3n) is 3.80. The highest BCUT2D eigenvalue weighted by Gasteiger charge is 2.20. The standard InChI is InChI=1S/C16H24FNO/c1-3-12(4-2)11-19-16-8-5-13(9-15(16)17)10-18-14-6-7-14/h5,8-9,12,14,18H,3-4,6-7,10-11H2,1-2H3. The molecule has 1 fully saturated rings. The molecular weight excluding hydrogens is 241 g/mol. The Morgan fingerprint density at radius 2 is 2.05 bits per heavy atom. The Bertz CT molecular complexity index is 400. The first-order valence-electron chi connectivity index (χ1n) is 7.37. The third kappa shape index (κ3) is 4.50. The van der Waals surface area contributed by atoms with Crippen LogP contribution in [0.5, 0.6) is 5.75 Å². The summed E-state index contributed by atoms with van der Waals surface area (Å²) >= 11 is 0. The Balaban J connectivity index is 1.86. The molecule has 0 amide bonds. The maximum absolute atomic E-state index is 13.9. The molecule has 0 radical (unpaired) electrons. The van der Waals surface area contributed by atoms with Crippen molar-refractivity contribution in [3.63, 3.8) is 0 Å². The Labute approximate surface area is 115 Å². The molecule has 1 aliphatic rings. The normalized spacial score (nSPS) is 14.9. The highest BCUT2D eigenvalue weighted by Crippen LogP contribution is 2.22. The molecule has 0 aromatic heterocycles. The molecule has 0 heterocycles. The van der Waals surface area contributed by atoms with Gasteiger partial charge < -0.3 is 10.1 Å². The summed E-state index contributed by atoms with van der Waals surface area (Å²) in [4.78, 5) is 0. The fourth-order valence-corrected chi connectivity index (χ4v) is 2.05. The van der Waals surface area contributed by atoms with E-state index in [9.17, 15) is 4.39 Å².